The number of hydrogen-bond acceptors (Lipinski definition) is 2. The molecule has 0 radical (unpaired) electrons. The fourth-order valence-electron chi connectivity index (χ4n) is 2.26. The quantitative estimate of drug-likeness (QED) is 0.674. The second-order valence-corrected chi connectivity index (χ2v) is 4.24. The SMILES string of the molecule is C=CCC(C)N1CCC(N)CC1C. The molecular weight excluding hydrogens is 160 g/mol. The third kappa shape index (κ3) is 2.82. The van der Waals surface area contributed by atoms with E-state index in [0.717, 1.165) is 25.8 Å². The number of piperidine rings is 1. The Bertz CT molecular complexity index is 167. The minimum Gasteiger partial charge on any atom is -0.328 e. The van der Waals surface area contributed by atoms with Gasteiger partial charge in [0.25, 0.3) is 0 Å². The number of nitrogens with zero attached hydrogens (tertiary/aromatic N) is 1. The number of hydrogen-bond donors (Lipinski definition) is 1. The molecule has 2 nitrogen and oxygen atoms in total. The molecule has 0 bridgehead atoms. The minimum absolute atomic E-state index is 0.419. The van der Waals surface area contributed by atoms with E-state index in [0.29, 0.717) is 18.1 Å². The van der Waals surface area contributed by atoms with Crippen LogP contribution in [0.2, 0.25) is 0 Å². The van der Waals surface area contributed by atoms with E-state index in [9.17, 15) is 0 Å². The van der Waals surface area contributed by atoms with Crippen molar-refractivity contribution in [3.63, 3.8) is 0 Å². The molecule has 1 rings (SSSR count). The Morgan fingerprint density at radius 2 is 2.38 bits per heavy atom. The number of likely N-dealkylation sites (tertiary alicyclic amines) is 1. The molecule has 1 saturated heterocycles. The van der Waals surface area contributed by atoms with Gasteiger partial charge < -0.3 is 5.73 Å². The molecule has 13 heavy (non-hydrogen) atoms. The van der Waals surface area contributed by atoms with Gasteiger partial charge in [-0.3, -0.25) is 4.90 Å². The highest BCUT2D eigenvalue weighted by molar-refractivity contribution is 4.86. The van der Waals surface area contributed by atoms with Gasteiger partial charge in [-0.2, -0.15) is 0 Å². The van der Waals surface area contributed by atoms with Crippen molar-refractivity contribution in [3.05, 3.63) is 12.7 Å². The normalized spacial score (nSPS) is 32.8. The second kappa shape index (κ2) is 4.77. The summed E-state index contributed by atoms with van der Waals surface area (Å²) in [7, 11) is 0. The highest BCUT2D eigenvalue weighted by Gasteiger charge is 2.25. The summed E-state index contributed by atoms with van der Waals surface area (Å²) in [6.07, 6.45) is 5.37. The maximum absolute atomic E-state index is 5.91. The molecule has 3 unspecified atom stereocenters. The van der Waals surface area contributed by atoms with Crippen LogP contribution < -0.4 is 5.73 Å². The largest absolute Gasteiger partial charge is 0.328 e. The summed E-state index contributed by atoms with van der Waals surface area (Å²) in [6, 6.07) is 1.68. The highest BCUT2D eigenvalue weighted by atomic mass is 15.2. The van der Waals surface area contributed by atoms with Crippen LogP contribution in [0, 0.1) is 0 Å². The zero-order valence-corrected chi connectivity index (χ0v) is 8.87. The molecule has 2 heteroatoms. The molecule has 2 N–H and O–H groups in total. The maximum atomic E-state index is 5.91. The van der Waals surface area contributed by atoms with Crippen molar-refractivity contribution in [1.29, 1.82) is 0 Å². The van der Waals surface area contributed by atoms with Gasteiger partial charge in [0.1, 0.15) is 0 Å². The van der Waals surface area contributed by atoms with Gasteiger partial charge in [0.15, 0.2) is 0 Å². The zero-order chi connectivity index (χ0) is 9.84. The van der Waals surface area contributed by atoms with Gasteiger partial charge in [-0.1, -0.05) is 6.08 Å². The average molecular weight is 182 g/mol. The van der Waals surface area contributed by atoms with Crippen LogP contribution in [0.15, 0.2) is 12.7 Å². The summed E-state index contributed by atoms with van der Waals surface area (Å²) >= 11 is 0. The van der Waals surface area contributed by atoms with E-state index in [1.54, 1.807) is 0 Å². The topological polar surface area (TPSA) is 29.3 Å². The third-order valence-electron chi connectivity index (χ3n) is 3.04. The molecule has 0 aromatic rings. The molecule has 0 aromatic heterocycles. The number of rotatable bonds is 3. The summed E-state index contributed by atoms with van der Waals surface area (Å²) in [4.78, 5) is 2.55. The first-order valence-corrected chi connectivity index (χ1v) is 5.27. The Hall–Kier alpha value is -0.340. The lowest BCUT2D eigenvalue weighted by atomic mass is 9.97. The zero-order valence-electron chi connectivity index (χ0n) is 8.87. The predicted molar refractivity (Wildman–Crippen MR) is 57.7 cm³/mol. The van der Waals surface area contributed by atoms with E-state index < -0.39 is 0 Å². The lowest BCUT2D eigenvalue weighted by Gasteiger charge is -2.40. The molecule has 0 aliphatic carbocycles. The van der Waals surface area contributed by atoms with Crippen molar-refractivity contribution < 1.29 is 0 Å². The van der Waals surface area contributed by atoms with Gasteiger partial charge in [0.05, 0.1) is 0 Å². The van der Waals surface area contributed by atoms with Crippen molar-refractivity contribution in [2.75, 3.05) is 6.54 Å². The molecule has 76 valence electrons. The summed E-state index contributed by atoms with van der Waals surface area (Å²) in [5.74, 6) is 0. The standard InChI is InChI=1S/C11H22N2/c1-4-5-9(2)13-7-6-11(12)8-10(13)3/h4,9-11H,1,5-8,12H2,2-3H3. The molecule has 3 atom stereocenters. The molecule has 1 heterocycles. The van der Waals surface area contributed by atoms with E-state index in [1.807, 2.05) is 6.08 Å². The number of nitrogens with two attached hydrogens (primary N) is 1. The Morgan fingerprint density at radius 3 is 2.92 bits per heavy atom. The monoisotopic (exact) mass is 182 g/mol. The molecular formula is C11H22N2. The van der Waals surface area contributed by atoms with E-state index in [2.05, 4.69) is 25.3 Å². The Morgan fingerprint density at radius 1 is 1.69 bits per heavy atom. The second-order valence-electron chi connectivity index (χ2n) is 4.24. The first kappa shape index (κ1) is 10.7. The fourth-order valence-corrected chi connectivity index (χ4v) is 2.26. The van der Waals surface area contributed by atoms with Crippen molar-refractivity contribution in [3.8, 4) is 0 Å². The lowest BCUT2D eigenvalue weighted by Crippen LogP contribution is -2.49. The van der Waals surface area contributed by atoms with Crippen molar-refractivity contribution >= 4 is 0 Å². The Balaban J connectivity index is 2.45. The van der Waals surface area contributed by atoms with Crippen molar-refractivity contribution in [1.82, 2.24) is 4.90 Å². The highest BCUT2D eigenvalue weighted by Crippen LogP contribution is 2.19. The van der Waals surface area contributed by atoms with Crippen LogP contribution >= 0.6 is 0 Å². The molecule has 1 fully saturated rings. The smallest absolute Gasteiger partial charge is 0.0104 e. The molecule has 1 aliphatic heterocycles. The van der Waals surface area contributed by atoms with E-state index >= 15 is 0 Å². The lowest BCUT2D eigenvalue weighted by molar-refractivity contribution is 0.105. The summed E-state index contributed by atoms with van der Waals surface area (Å²) in [5.41, 5.74) is 5.91. The van der Waals surface area contributed by atoms with Crippen LogP contribution in [0.25, 0.3) is 0 Å². The predicted octanol–water partition coefficient (Wildman–Crippen LogP) is 1.76. The van der Waals surface area contributed by atoms with Gasteiger partial charge in [-0.25, -0.2) is 0 Å². The van der Waals surface area contributed by atoms with Crippen molar-refractivity contribution in [2.24, 2.45) is 5.73 Å². The minimum atomic E-state index is 0.419. The molecule has 0 aromatic carbocycles. The third-order valence-corrected chi connectivity index (χ3v) is 3.04. The first-order chi connectivity index (χ1) is 6.15. The summed E-state index contributed by atoms with van der Waals surface area (Å²) in [6.45, 7) is 9.48. The van der Waals surface area contributed by atoms with Crippen LogP contribution in [0.1, 0.15) is 33.1 Å². The first-order valence-electron chi connectivity index (χ1n) is 5.27. The van der Waals surface area contributed by atoms with E-state index in [1.165, 1.54) is 0 Å². The van der Waals surface area contributed by atoms with Gasteiger partial charge in [-0.05, 0) is 33.1 Å². The van der Waals surface area contributed by atoms with Crippen LogP contribution in [0.5, 0.6) is 0 Å². The van der Waals surface area contributed by atoms with Gasteiger partial charge >= 0.3 is 0 Å². The van der Waals surface area contributed by atoms with Crippen LogP contribution in [0.3, 0.4) is 0 Å². The van der Waals surface area contributed by atoms with Crippen LogP contribution in [0.4, 0.5) is 0 Å². The fraction of sp³-hybridized carbons (Fsp3) is 0.818. The molecule has 0 saturated carbocycles. The molecule has 0 spiro atoms. The molecule has 0 amide bonds. The van der Waals surface area contributed by atoms with E-state index in [-0.39, 0.29) is 0 Å². The Kier molecular flexibility index (Phi) is 3.94. The maximum Gasteiger partial charge on any atom is 0.0104 e. The van der Waals surface area contributed by atoms with Crippen molar-refractivity contribution in [2.45, 2.75) is 51.2 Å². The van der Waals surface area contributed by atoms with Gasteiger partial charge in [0.2, 0.25) is 0 Å². The Labute approximate surface area is 81.8 Å². The van der Waals surface area contributed by atoms with Crippen LogP contribution in [-0.4, -0.2) is 29.6 Å². The average Bonchev–Trinajstić information content (AvgIpc) is 2.04. The molecule has 1 aliphatic rings. The van der Waals surface area contributed by atoms with Crippen LogP contribution in [-0.2, 0) is 0 Å². The van der Waals surface area contributed by atoms with E-state index in [4.69, 9.17) is 5.73 Å². The summed E-state index contributed by atoms with van der Waals surface area (Å²) < 4.78 is 0. The van der Waals surface area contributed by atoms with Gasteiger partial charge in [-0.15, -0.1) is 6.58 Å². The van der Waals surface area contributed by atoms with Gasteiger partial charge in [0, 0.05) is 24.7 Å². The summed E-state index contributed by atoms with van der Waals surface area (Å²) in [5, 5.41) is 0.